The second-order valence-corrected chi connectivity index (χ2v) is 6.34. The number of carbonyl (C=O) groups excluding carboxylic acids is 2. The molecule has 2 rings (SSSR count). The lowest BCUT2D eigenvalue weighted by Gasteiger charge is -2.14. The molecule has 0 atom stereocenters. The number of hydrogen-bond acceptors (Lipinski definition) is 3. The average Bonchev–Trinajstić information content (AvgIpc) is 2.51. The number of ether oxygens (including phenoxy) is 1. The fourth-order valence-corrected chi connectivity index (χ4v) is 2.83. The first kappa shape index (κ1) is 18.5. The van der Waals surface area contributed by atoms with E-state index >= 15 is 0 Å². The maximum Gasteiger partial charge on any atom is 0.276 e. The van der Waals surface area contributed by atoms with E-state index < -0.39 is 5.91 Å². The van der Waals surface area contributed by atoms with Gasteiger partial charge >= 0.3 is 0 Å². The summed E-state index contributed by atoms with van der Waals surface area (Å²) in [6, 6.07) is 9.52. The van der Waals surface area contributed by atoms with E-state index in [1.54, 1.807) is 6.07 Å². The lowest BCUT2D eigenvalue weighted by Crippen LogP contribution is -2.44. The minimum absolute atomic E-state index is 0.169. The fourth-order valence-electron chi connectivity index (χ4n) is 2.83. The van der Waals surface area contributed by atoms with Crippen LogP contribution in [0.5, 0.6) is 5.75 Å². The Kier molecular flexibility index (Phi) is 5.80. The second-order valence-electron chi connectivity index (χ2n) is 6.34. The molecule has 0 saturated carbocycles. The van der Waals surface area contributed by atoms with Crippen LogP contribution in [0.2, 0.25) is 0 Å². The third-order valence-corrected chi connectivity index (χ3v) is 3.89. The summed E-state index contributed by atoms with van der Waals surface area (Å²) < 4.78 is 5.60. The van der Waals surface area contributed by atoms with Crippen molar-refractivity contribution in [3.05, 3.63) is 63.7 Å². The molecule has 0 unspecified atom stereocenters. The predicted molar refractivity (Wildman–Crippen MR) is 97.7 cm³/mol. The van der Waals surface area contributed by atoms with Crippen LogP contribution in [0.25, 0.3) is 0 Å². The van der Waals surface area contributed by atoms with E-state index in [9.17, 15) is 9.59 Å². The van der Waals surface area contributed by atoms with Crippen molar-refractivity contribution in [1.82, 2.24) is 10.9 Å². The van der Waals surface area contributed by atoms with Gasteiger partial charge in [0, 0.05) is 5.56 Å². The molecule has 5 nitrogen and oxygen atoms in total. The van der Waals surface area contributed by atoms with Crippen molar-refractivity contribution in [2.24, 2.45) is 0 Å². The van der Waals surface area contributed by atoms with Gasteiger partial charge in [0.15, 0.2) is 6.61 Å². The zero-order chi connectivity index (χ0) is 18.6. The molecule has 2 aromatic carbocycles. The third kappa shape index (κ3) is 4.83. The van der Waals surface area contributed by atoms with Crippen LogP contribution in [0.1, 0.15) is 38.2 Å². The van der Waals surface area contributed by atoms with Crippen molar-refractivity contribution in [2.45, 2.75) is 34.6 Å². The Bertz CT molecular complexity index is 790. The van der Waals surface area contributed by atoms with Crippen molar-refractivity contribution in [3.63, 3.8) is 0 Å². The van der Waals surface area contributed by atoms with Gasteiger partial charge in [-0.1, -0.05) is 35.4 Å². The minimum atomic E-state index is -0.419. The van der Waals surface area contributed by atoms with Crippen LogP contribution in [-0.4, -0.2) is 18.4 Å². The predicted octanol–water partition coefficient (Wildman–Crippen LogP) is 3.07. The summed E-state index contributed by atoms with van der Waals surface area (Å²) in [5.74, 6) is -0.0764. The van der Waals surface area contributed by atoms with Crippen LogP contribution in [0, 0.1) is 34.6 Å². The number of rotatable bonds is 4. The molecule has 0 aliphatic heterocycles. The van der Waals surface area contributed by atoms with Crippen molar-refractivity contribution in [1.29, 1.82) is 0 Å². The van der Waals surface area contributed by atoms with Crippen molar-refractivity contribution in [2.75, 3.05) is 6.61 Å². The van der Waals surface area contributed by atoms with Gasteiger partial charge in [0.2, 0.25) is 0 Å². The molecule has 25 heavy (non-hydrogen) atoms. The van der Waals surface area contributed by atoms with E-state index in [1.807, 2.05) is 58.9 Å². The summed E-state index contributed by atoms with van der Waals surface area (Å²) in [6.07, 6.45) is 0. The molecule has 0 aliphatic rings. The monoisotopic (exact) mass is 340 g/mol. The highest BCUT2D eigenvalue weighted by Gasteiger charge is 2.12. The van der Waals surface area contributed by atoms with Crippen molar-refractivity contribution < 1.29 is 14.3 Å². The van der Waals surface area contributed by atoms with Crippen LogP contribution in [0.4, 0.5) is 0 Å². The molecule has 5 heteroatoms. The summed E-state index contributed by atoms with van der Waals surface area (Å²) in [7, 11) is 0. The highest BCUT2D eigenvalue weighted by Crippen LogP contribution is 2.24. The van der Waals surface area contributed by atoms with Gasteiger partial charge in [0.25, 0.3) is 11.8 Å². The maximum atomic E-state index is 12.1. The normalized spacial score (nSPS) is 10.3. The van der Waals surface area contributed by atoms with Crippen LogP contribution >= 0.6 is 0 Å². The molecule has 0 aliphatic carbocycles. The van der Waals surface area contributed by atoms with Gasteiger partial charge in [-0.05, 0) is 57.4 Å². The quantitative estimate of drug-likeness (QED) is 0.841. The molecule has 0 saturated heterocycles. The molecule has 0 heterocycles. The SMILES string of the molecule is Cc1ccc(C(=O)NNC(=O)COc2c(C)cc(C)cc2C)c(C)c1. The van der Waals surface area contributed by atoms with E-state index in [0.29, 0.717) is 11.3 Å². The lowest BCUT2D eigenvalue weighted by molar-refractivity contribution is -0.123. The van der Waals surface area contributed by atoms with E-state index in [1.165, 1.54) is 0 Å². The molecular formula is C20H24N2O3. The highest BCUT2D eigenvalue weighted by atomic mass is 16.5. The van der Waals surface area contributed by atoms with Crippen molar-refractivity contribution in [3.8, 4) is 5.75 Å². The Labute approximate surface area is 148 Å². The first-order chi connectivity index (χ1) is 11.8. The summed E-state index contributed by atoms with van der Waals surface area (Å²) in [5.41, 5.74) is 10.4. The Morgan fingerprint density at radius 3 is 2.04 bits per heavy atom. The number of hydrogen-bond donors (Lipinski definition) is 2. The summed E-state index contributed by atoms with van der Waals surface area (Å²) in [5, 5.41) is 0. The number of nitrogens with one attached hydrogen (secondary N) is 2. The summed E-state index contributed by atoms with van der Waals surface area (Å²) in [4.78, 5) is 24.1. The molecule has 2 aromatic rings. The van der Waals surface area contributed by atoms with E-state index in [2.05, 4.69) is 10.9 Å². The standard InChI is InChI=1S/C20H24N2O3/c1-12-6-7-17(14(3)8-12)20(24)22-21-18(23)11-25-19-15(4)9-13(2)10-16(19)5/h6-10H,11H2,1-5H3,(H,21,23)(H,22,24). The molecule has 0 bridgehead atoms. The van der Waals surface area contributed by atoms with Gasteiger partial charge in [-0.3, -0.25) is 20.4 Å². The van der Waals surface area contributed by atoms with E-state index in [0.717, 1.165) is 27.8 Å². The summed E-state index contributed by atoms with van der Waals surface area (Å²) in [6.45, 7) is 9.54. The number of benzene rings is 2. The second kappa shape index (κ2) is 7.83. The van der Waals surface area contributed by atoms with Gasteiger partial charge in [0.05, 0.1) is 0 Å². The van der Waals surface area contributed by atoms with Gasteiger partial charge in [-0.2, -0.15) is 0 Å². The van der Waals surface area contributed by atoms with Crippen molar-refractivity contribution >= 4 is 11.8 Å². The first-order valence-corrected chi connectivity index (χ1v) is 8.15. The van der Waals surface area contributed by atoms with Gasteiger partial charge in [0.1, 0.15) is 5.75 Å². The molecule has 0 aromatic heterocycles. The van der Waals surface area contributed by atoms with Crippen LogP contribution in [-0.2, 0) is 4.79 Å². The molecule has 132 valence electrons. The number of hydrazine groups is 1. The topological polar surface area (TPSA) is 67.4 Å². The Hall–Kier alpha value is -2.82. The highest BCUT2D eigenvalue weighted by molar-refractivity contribution is 5.96. The smallest absolute Gasteiger partial charge is 0.276 e. The number of amides is 2. The van der Waals surface area contributed by atoms with Crippen LogP contribution in [0.15, 0.2) is 30.3 Å². The average molecular weight is 340 g/mol. The molecule has 2 N–H and O–H groups in total. The molecule has 0 radical (unpaired) electrons. The fraction of sp³-hybridized carbons (Fsp3) is 0.300. The number of aryl methyl sites for hydroxylation is 5. The maximum absolute atomic E-state index is 12.1. The van der Waals surface area contributed by atoms with Gasteiger partial charge in [-0.15, -0.1) is 0 Å². The molecular weight excluding hydrogens is 316 g/mol. The molecule has 2 amide bonds. The molecule has 0 fully saturated rings. The lowest BCUT2D eigenvalue weighted by atomic mass is 10.1. The Morgan fingerprint density at radius 1 is 0.840 bits per heavy atom. The molecule has 0 spiro atoms. The van der Waals surface area contributed by atoms with Crippen LogP contribution < -0.4 is 15.6 Å². The van der Waals surface area contributed by atoms with Gasteiger partial charge < -0.3 is 4.74 Å². The Morgan fingerprint density at radius 2 is 1.44 bits per heavy atom. The van der Waals surface area contributed by atoms with E-state index in [-0.39, 0.29) is 12.5 Å². The number of carbonyl (C=O) groups is 2. The summed E-state index contributed by atoms with van der Waals surface area (Å²) >= 11 is 0. The third-order valence-electron chi connectivity index (χ3n) is 3.89. The van der Waals surface area contributed by atoms with Gasteiger partial charge in [-0.25, -0.2) is 0 Å². The van der Waals surface area contributed by atoms with E-state index in [4.69, 9.17) is 4.74 Å². The minimum Gasteiger partial charge on any atom is -0.483 e. The van der Waals surface area contributed by atoms with Crippen LogP contribution in [0.3, 0.4) is 0 Å². The Balaban J connectivity index is 1.90. The largest absolute Gasteiger partial charge is 0.483 e. The zero-order valence-electron chi connectivity index (χ0n) is 15.3. The first-order valence-electron chi connectivity index (χ1n) is 8.15. The zero-order valence-corrected chi connectivity index (χ0v) is 15.3.